The van der Waals surface area contributed by atoms with Crippen LogP contribution in [0.1, 0.15) is 17.3 Å². The van der Waals surface area contributed by atoms with Crippen molar-refractivity contribution in [2.45, 2.75) is 6.92 Å². The van der Waals surface area contributed by atoms with Gasteiger partial charge in [-0.25, -0.2) is 14.8 Å². The van der Waals surface area contributed by atoms with Crippen molar-refractivity contribution in [1.29, 1.82) is 0 Å². The molecule has 2 heterocycles. The summed E-state index contributed by atoms with van der Waals surface area (Å²) in [6.07, 6.45) is 1.60. The number of aromatic nitrogens is 2. The van der Waals surface area contributed by atoms with Crippen LogP contribution in [0.3, 0.4) is 0 Å². The minimum Gasteiger partial charge on any atom is -0.478 e. The Morgan fingerprint density at radius 3 is 2.89 bits per heavy atom. The van der Waals surface area contributed by atoms with Crippen molar-refractivity contribution in [2.75, 3.05) is 18.0 Å². The molecule has 0 radical (unpaired) electrons. The molecule has 5 nitrogen and oxygen atoms in total. The number of hydrogen-bond donors (Lipinski definition) is 1. The molecule has 3 rings (SSSR count). The molecule has 1 N–H and O–H groups in total. The van der Waals surface area contributed by atoms with Crippen LogP contribution in [-0.4, -0.2) is 34.1 Å². The molecule has 1 fully saturated rings. The molecule has 1 saturated heterocycles. The lowest BCUT2D eigenvalue weighted by molar-refractivity contribution is 0.0699. The molecular formula is C13H13N3O2. The summed E-state index contributed by atoms with van der Waals surface area (Å²) in [5.74, 6) is 0.410. The topological polar surface area (TPSA) is 66.3 Å². The maximum Gasteiger partial charge on any atom is 0.336 e. The largest absolute Gasteiger partial charge is 0.478 e. The zero-order valence-electron chi connectivity index (χ0n) is 10.00. The molecule has 1 aliphatic rings. The van der Waals surface area contributed by atoms with Crippen LogP contribution in [0.2, 0.25) is 0 Å². The fraction of sp³-hybridized carbons (Fsp3) is 0.308. The van der Waals surface area contributed by atoms with Gasteiger partial charge in [0.2, 0.25) is 5.95 Å². The van der Waals surface area contributed by atoms with Crippen LogP contribution < -0.4 is 4.90 Å². The average molecular weight is 243 g/mol. The highest BCUT2D eigenvalue weighted by molar-refractivity contribution is 6.02. The minimum absolute atomic E-state index is 0.246. The van der Waals surface area contributed by atoms with Crippen LogP contribution in [0, 0.1) is 5.92 Å². The Morgan fingerprint density at radius 1 is 1.44 bits per heavy atom. The number of benzene rings is 1. The summed E-state index contributed by atoms with van der Waals surface area (Å²) in [4.78, 5) is 21.9. The lowest BCUT2D eigenvalue weighted by Crippen LogP contribution is -2.46. The summed E-state index contributed by atoms with van der Waals surface area (Å²) >= 11 is 0. The minimum atomic E-state index is -0.950. The number of carboxylic acid groups (broad SMARTS) is 1. The predicted octanol–water partition coefficient (Wildman–Crippen LogP) is 1.78. The van der Waals surface area contributed by atoms with Crippen molar-refractivity contribution >= 4 is 22.8 Å². The molecule has 0 unspecified atom stereocenters. The number of carboxylic acids is 1. The van der Waals surface area contributed by atoms with E-state index in [0.717, 1.165) is 13.1 Å². The second kappa shape index (κ2) is 3.94. The van der Waals surface area contributed by atoms with Gasteiger partial charge in [0.05, 0.1) is 11.1 Å². The summed E-state index contributed by atoms with van der Waals surface area (Å²) < 4.78 is 0. The van der Waals surface area contributed by atoms with E-state index in [9.17, 15) is 4.79 Å². The average Bonchev–Trinajstić information content (AvgIpc) is 2.33. The molecular weight excluding hydrogens is 230 g/mol. The van der Waals surface area contributed by atoms with Crippen molar-refractivity contribution < 1.29 is 9.90 Å². The molecule has 1 aliphatic heterocycles. The third-order valence-electron chi connectivity index (χ3n) is 3.19. The summed E-state index contributed by atoms with van der Waals surface area (Å²) in [6, 6.07) is 5.09. The Hall–Kier alpha value is -2.17. The van der Waals surface area contributed by atoms with Gasteiger partial charge in [0, 0.05) is 24.7 Å². The second-order valence-electron chi connectivity index (χ2n) is 4.72. The van der Waals surface area contributed by atoms with Crippen molar-refractivity contribution in [1.82, 2.24) is 9.97 Å². The second-order valence-corrected chi connectivity index (χ2v) is 4.72. The van der Waals surface area contributed by atoms with Crippen LogP contribution in [0.15, 0.2) is 24.4 Å². The Labute approximate surface area is 104 Å². The first-order valence-electron chi connectivity index (χ1n) is 5.89. The summed E-state index contributed by atoms with van der Waals surface area (Å²) in [7, 11) is 0. The standard InChI is InChI=1S/C13H13N3O2/c1-8-6-16(7-8)13-14-5-10-9(12(17)18)3-2-4-11(10)15-13/h2-5,8H,6-7H2,1H3,(H,17,18). The van der Waals surface area contributed by atoms with Crippen molar-refractivity contribution in [3.8, 4) is 0 Å². The zero-order valence-corrected chi connectivity index (χ0v) is 10.00. The molecule has 0 bridgehead atoms. The Morgan fingerprint density at radius 2 is 2.22 bits per heavy atom. The summed E-state index contributed by atoms with van der Waals surface area (Å²) in [5.41, 5.74) is 0.926. The van der Waals surface area contributed by atoms with Gasteiger partial charge in [-0.1, -0.05) is 13.0 Å². The highest BCUT2D eigenvalue weighted by Gasteiger charge is 2.25. The van der Waals surface area contributed by atoms with E-state index in [-0.39, 0.29) is 5.56 Å². The lowest BCUT2D eigenvalue weighted by Gasteiger charge is -2.37. The van der Waals surface area contributed by atoms with Gasteiger partial charge < -0.3 is 10.0 Å². The smallest absolute Gasteiger partial charge is 0.336 e. The molecule has 0 amide bonds. The molecule has 1 aromatic heterocycles. The van der Waals surface area contributed by atoms with E-state index in [4.69, 9.17) is 5.11 Å². The molecule has 0 atom stereocenters. The van der Waals surface area contributed by atoms with E-state index < -0.39 is 5.97 Å². The van der Waals surface area contributed by atoms with E-state index >= 15 is 0 Å². The van der Waals surface area contributed by atoms with Gasteiger partial charge in [-0.3, -0.25) is 0 Å². The predicted molar refractivity (Wildman–Crippen MR) is 67.9 cm³/mol. The molecule has 2 aromatic rings. The van der Waals surface area contributed by atoms with Crippen LogP contribution in [-0.2, 0) is 0 Å². The molecule has 0 saturated carbocycles. The SMILES string of the molecule is CC1CN(c2ncc3c(C(=O)O)cccc3n2)C1. The quantitative estimate of drug-likeness (QED) is 0.871. The van der Waals surface area contributed by atoms with E-state index in [0.29, 0.717) is 22.8 Å². The molecule has 1 aromatic carbocycles. The first-order valence-corrected chi connectivity index (χ1v) is 5.89. The third kappa shape index (κ3) is 1.68. The van der Waals surface area contributed by atoms with Crippen LogP contribution in [0.25, 0.3) is 10.9 Å². The number of hydrogen-bond acceptors (Lipinski definition) is 4. The van der Waals surface area contributed by atoms with Gasteiger partial charge in [-0.2, -0.15) is 0 Å². The van der Waals surface area contributed by atoms with E-state index in [1.54, 1.807) is 18.3 Å². The Bertz CT molecular complexity index is 621. The molecule has 18 heavy (non-hydrogen) atoms. The number of nitrogens with zero attached hydrogens (tertiary/aromatic N) is 3. The van der Waals surface area contributed by atoms with Gasteiger partial charge >= 0.3 is 5.97 Å². The summed E-state index contributed by atoms with van der Waals surface area (Å²) in [6.45, 7) is 4.11. The van der Waals surface area contributed by atoms with E-state index in [1.807, 2.05) is 6.07 Å². The van der Waals surface area contributed by atoms with Crippen molar-refractivity contribution in [2.24, 2.45) is 5.92 Å². The van der Waals surface area contributed by atoms with Crippen LogP contribution in [0.4, 0.5) is 5.95 Å². The fourth-order valence-corrected chi connectivity index (χ4v) is 2.25. The highest BCUT2D eigenvalue weighted by Crippen LogP contribution is 2.23. The lowest BCUT2D eigenvalue weighted by atomic mass is 10.0. The summed E-state index contributed by atoms with van der Waals surface area (Å²) in [5, 5.41) is 9.67. The van der Waals surface area contributed by atoms with Crippen molar-refractivity contribution in [3.63, 3.8) is 0 Å². The van der Waals surface area contributed by atoms with E-state index in [2.05, 4.69) is 21.8 Å². The van der Waals surface area contributed by atoms with E-state index in [1.165, 1.54) is 0 Å². The third-order valence-corrected chi connectivity index (χ3v) is 3.19. The number of fused-ring (bicyclic) bond motifs is 1. The molecule has 0 spiro atoms. The van der Waals surface area contributed by atoms with Gasteiger partial charge in [-0.15, -0.1) is 0 Å². The van der Waals surface area contributed by atoms with Crippen LogP contribution >= 0.6 is 0 Å². The molecule has 92 valence electrons. The maximum atomic E-state index is 11.1. The van der Waals surface area contributed by atoms with Gasteiger partial charge in [-0.05, 0) is 18.1 Å². The fourth-order valence-electron chi connectivity index (χ4n) is 2.25. The van der Waals surface area contributed by atoms with Gasteiger partial charge in [0.25, 0.3) is 0 Å². The Kier molecular flexibility index (Phi) is 2.40. The number of carbonyl (C=O) groups is 1. The first-order chi connectivity index (χ1) is 8.65. The highest BCUT2D eigenvalue weighted by atomic mass is 16.4. The number of aromatic carboxylic acids is 1. The Balaban J connectivity index is 2.05. The van der Waals surface area contributed by atoms with Crippen molar-refractivity contribution in [3.05, 3.63) is 30.0 Å². The monoisotopic (exact) mass is 243 g/mol. The normalized spacial score (nSPS) is 15.7. The first kappa shape index (κ1) is 11.0. The molecule has 5 heteroatoms. The maximum absolute atomic E-state index is 11.1. The number of anilines is 1. The zero-order chi connectivity index (χ0) is 12.7. The number of rotatable bonds is 2. The van der Waals surface area contributed by atoms with Crippen LogP contribution in [0.5, 0.6) is 0 Å². The van der Waals surface area contributed by atoms with Gasteiger partial charge in [0.1, 0.15) is 0 Å². The van der Waals surface area contributed by atoms with Gasteiger partial charge in [0.15, 0.2) is 0 Å². The molecule has 0 aliphatic carbocycles.